The molecule has 1 atom stereocenters. The Morgan fingerprint density at radius 1 is 1.10 bits per heavy atom. The lowest BCUT2D eigenvalue weighted by molar-refractivity contribution is 0.297. The van der Waals surface area contributed by atoms with Crippen LogP contribution in [0.4, 0.5) is 0 Å². The van der Waals surface area contributed by atoms with E-state index in [0.29, 0.717) is 6.04 Å². The van der Waals surface area contributed by atoms with Crippen molar-refractivity contribution in [1.29, 1.82) is 0 Å². The molecule has 0 radical (unpaired) electrons. The van der Waals surface area contributed by atoms with E-state index in [-0.39, 0.29) is 0 Å². The summed E-state index contributed by atoms with van der Waals surface area (Å²) in [5.41, 5.74) is 1.26. The van der Waals surface area contributed by atoms with E-state index < -0.39 is 0 Å². The standard InChI is InChI=1S/C17H27NO2/c1-4-15(5-2)13(3)18-12-14-7-8-16-17(11-14)20-10-6-9-19-16/h7-8,11,13,15,18H,4-6,9-10,12H2,1-3H3. The smallest absolute Gasteiger partial charge is 0.161 e. The van der Waals surface area contributed by atoms with E-state index in [9.17, 15) is 0 Å². The zero-order chi connectivity index (χ0) is 14.4. The van der Waals surface area contributed by atoms with Gasteiger partial charge in [-0.3, -0.25) is 0 Å². The summed E-state index contributed by atoms with van der Waals surface area (Å²) in [5, 5.41) is 3.63. The average Bonchev–Trinajstić information content (AvgIpc) is 2.71. The number of ether oxygens (including phenoxy) is 2. The third-order valence-electron chi connectivity index (χ3n) is 4.20. The fourth-order valence-electron chi connectivity index (χ4n) is 2.76. The molecule has 3 nitrogen and oxygen atoms in total. The SMILES string of the molecule is CCC(CC)C(C)NCc1ccc2c(c1)OCCCO2. The summed E-state index contributed by atoms with van der Waals surface area (Å²) in [4.78, 5) is 0. The molecule has 1 aromatic carbocycles. The number of hydrogen-bond donors (Lipinski definition) is 1. The molecule has 3 heteroatoms. The van der Waals surface area contributed by atoms with Crippen molar-refractivity contribution < 1.29 is 9.47 Å². The second kappa shape index (κ2) is 7.53. The molecule has 1 aliphatic heterocycles. The van der Waals surface area contributed by atoms with Gasteiger partial charge >= 0.3 is 0 Å². The first-order valence-electron chi connectivity index (χ1n) is 7.86. The molecular formula is C17H27NO2. The summed E-state index contributed by atoms with van der Waals surface area (Å²) >= 11 is 0. The predicted molar refractivity (Wildman–Crippen MR) is 82.4 cm³/mol. The van der Waals surface area contributed by atoms with Gasteiger partial charge in [-0.2, -0.15) is 0 Å². The van der Waals surface area contributed by atoms with Crippen LogP contribution < -0.4 is 14.8 Å². The Morgan fingerprint density at radius 3 is 2.50 bits per heavy atom. The lowest BCUT2D eigenvalue weighted by atomic mass is 9.95. The van der Waals surface area contributed by atoms with E-state index in [0.717, 1.165) is 43.6 Å². The van der Waals surface area contributed by atoms with E-state index in [2.05, 4.69) is 38.2 Å². The minimum atomic E-state index is 0.543. The van der Waals surface area contributed by atoms with Crippen molar-refractivity contribution >= 4 is 0 Å². The third-order valence-corrected chi connectivity index (χ3v) is 4.20. The Kier molecular flexibility index (Phi) is 5.72. The van der Waals surface area contributed by atoms with E-state index in [1.807, 2.05) is 6.07 Å². The van der Waals surface area contributed by atoms with Gasteiger partial charge in [0.25, 0.3) is 0 Å². The molecule has 1 heterocycles. The monoisotopic (exact) mass is 277 g/mol. The van der Waals surface area contributed by atoms with Crippen LogP contribution in [0.15, 0.2) is 18.2 Å². The molecular weight excluding hydrogens is 250 g/mol. The Labute approximate surface area is 122 Å². The highest BCUT2D eigenvalue weighted by Crippen LogP contribution is 2.30. The first-order valence-corrected chi connectivity index (χ1v) is 7.86. The Hall–Kier alpha value is -1.22. The molecule has 2 rings (SSSR count). The van der Waals surface area contributed by atoms with Crippen molar-refractivity contribution in [3.63, 3.8) is 0 Å². The largest absolute Gasteiger partial charge is 0.490 e. The van der Waals surface area contributed by atoms with Crippen LogP contribution in [-0.2, 0) is 6.54 Å². The maximum absolute atomic E-state index is 5.73. The van der Waals surface area contributed by atoms with Gasteiger partial charge in [0.05, 0.1) is 13.2 Å². The van der Waals surface area contributed by atoms with Crippen LogP contribution in [0.25, 0.3) is 0 Å². The van der Waals surface area contributed by atoms with Gasteiger partial charge < -0.3 is 14.8 Å². The van der Waals surface area contributed by atoms with Gasteiger partial charge in [0, 0.05) is 19.0 Å². The quantitative estimate of drug-likeness (QED) is 0.858. The fourth-order valence-corrected chi connectivity index (χ4v) is 2.76. The van der Waals surface area contributed by atoms with Crippen LogP contribution in [0.1, 0.15) is 45.6 Å². The molecule has 112 valence electrons. The van der Waals surface area contributed by atoms with Crippen molar-refractivity contribution in [2.24, 2.45) is 5.92 Å². The lowest BCUT2D eigenvalue weighted by Crippen LogP contribution is -2.32. The molecule has 20 heavy (non-hydrogen) atoms. The van der Waals surface area contributed by atoms with Gasteiger partial charge in [0.1, 0.15) is 0 Å². The maximum Gasteiger partial charge on any atom is 0.161 e. The van der Waals surface area contributed by atoms with Crippen molar-refractivity contribution in [3.05, 3.63) is 23.8 Å². The van der Waals surface area contributed by atoms with Crippen molar-refractivity contribution in [3.8, 4) is 11.5 Å². The van der Waals surface area contributed by atoms with Gasteiger partial charge in [0.2, 0.25) is 0 Å². The molecule has 1 aliphatic rings. The van der Waals surface area contributed by atoms with Crippen LogP contribution in [0.5, 0.6) is 11.5 Å². The summed E-state index contributed by atoms with van der Waals surface area (Å²) in [7, 11) is 0. The molecule has 0 spiro atoms. The molecule has 0 fully saturated rings. The van der Waals surface area contributed by atoms with Crippen molar-refractivity contribution in [1.82, 2.24) is 5.32 Å². The number of nitrogens with one attached hydrogen (secondary N) is 1. The summed E-state index contributed by atoms with van der Waals surface area (Å²) in [6, 6.07) is 6.80. The number of fused-ring (bicyclic) bond motifs is 1. The first-order chi connectivity index (χ1) is 9.74. The zero-order valence-corrected chi connectivity index (χ0v) is 12.9. The van der Waals surface area contributed by atoms with E-state index in [4.69, 9.17) is 9.47 Å². The molecule has 1 aromatic rings. The third kappa shape index (κ3) is 3.89. The topological polar surface area (TPSA) is 30.5 Å². The van der Waals surface area contributed by atoms with Crippen LogP contribution in [0, 0.1) is 5.92 Å². The summed E-state index contributed by atoms with van der Waals surface area (Å²) in [6.45, 7) is 9.18. The summed E-state index contributed by atoms with van der Waals surface area (Å²) in [5.74, 6) is 2.51. The molecule has 0 bridgehead atoms. The first kappa shape index (κ1) is 15.2. The van der Waals surface area contributed by atoms with Gasteiger partial charge in [-0.1, -0.05) is 32.8 Å². The second-order valence-electron chi connectivity index (χ2n) is 5.58. The summed E-state index contributed by atoms with van der Waals surface area (Å²) in [6.07, 6.45) is 3.41. The van der Waals surface area contributed by atoms with Gasteiger partial charge in [-0.25, -0.2) is 0 Å². The molecule has 0 aromatic heterocycles. The molecule has 0 amide bonds. The fraction of sp³-hybridized carbons (Fsp3) is 0.647. The Morgan fingerprint density at radius 2 is 1.80 bits per heavy atom. The number of rotatable bonds is 6. The van der Waals surface area contributed by atoms with Gasteiger partial charge in [0.15, 0.2) is 11.5 Å². The highest BCUT2D eigenvalue weighted by Gasteiger charge is 2.14. The van der Waals surface area contributed by atoms with E-state index >= 15 is 0 Å². The van der Waals surface area contributed by atoms with Crippen molar-refractivity contribution in [2.75, 3.05) is 13.2 Å². The van der Waals surface area contributed by atoms with E-state index in [1.165, 1.54) is 18.4 Å². The molecule has 0 aliphatic carbocycles. The van der Waals surface area contributed by atoms with Gasteiger partial charge in [-0.15, -0.1) is 0 Å². The Bertz CT molecular complexity index is 415. The Balaban J connectivity index is 1.95. The number of benzene rings is 1. The molecule has 0 saturated carbocycles. The number of hydrogen-bond acceptors (Lipinski definition) is 3. The molecule has 0 saturated heterocycles. The summed E-state index contributed by atoms with van der Waals surface area (Å²) < 4.78 is 11.4. The minimum Gasteiger partial charge on any atom is -0.490 e. The van der Waals surface area contributed by atoms with Crippen LogP contribution in [-0.4, -0.2) is 19.3 Å². The van der Waals surface area contributed by atoms with Crippen LogP contribution >= 0.6 is 0 Å². The highest BCUT2D eigenvalue weighted by atomic mass is 16.5. The highest BCUT2D eigenvalue weighted by molar-refractivity contribution is 5.43. The minimum absolute atomic E-state index is 0.543. The lowest BCUT2D eigenvalue weighted by Gasteiger charge is -2.22. The predicted octanol–water partition coefficient (Wildman–Crippen LogP) is 3.76. The molecule has 1 unspecified atom stereocenters. The zero-order valence-electron chi connectivity index (χ0n) is 12.9. The second-order valence-corrected chi connectivity index (χ2v) is 5.58. The van der Waals surface area contributed by atoms with Crippen LogP contribution in [0.3, 0.4) is 0 Å². The maximum atomic E-state index is 5.73. The average molecular weight is 277 g/mol. The van der Waals surface area contributed by atoms with E-state index in [1.54, 1.807) is 0 Å². The molecule has 1 N–H and O–H groups in total. The van der Waals surface area contributed by atoms with Crippen molar-refractivity contribution in [2.45, 2.75) is 52.6 Å². The van der Waals surface area contributed by atoms with Gasteiger partial charge in [-0.05, 0) is 30.5 Å². The van der Waals surface area contributed by atoms with Crippen LogP contribution in [0.2, 0.25) is 0 Å². The normalized spacial score (nSPS) is 16.0.